The Morgan fingerprint density at radius 3 is 2.07 bits per heavy atom. The highest BCUT2D eigenvalue weighted by molar-refractivity contribution is 7.88. The van der Waals surface area contributed by atoms with Crippen molar-refractivity contribution in [2.75, 3.05) is 24.2 Å². The summed E-state index contributed by atoms with van der Waals surface area (Å²) in [5.74, 6) is -5.25. The van der Waals surface area contributed by atoms with Crippen molar-refractivity contribution in [2.24, 2.45) is 0 Å². The van der Waals surface area contributed by atoms with Crippen LogP contribution in [-0.2, 0) is 32.6 Å². The second-order valence-electron chi connectivity index (χ2n) is 9.98. The first-order valence-electron chi connectivity index (χ1n) is 12.9. The fourth-order valence-corrected chi connectivity index (χ4v) is 5.73. The molecule has 0 saturated carbocycles. The third kappa shape index (κ3) is 8.55. The van der Waals surface area contributed by atoms with Crippen LogP contribution in [0, 0.1) is 0 Å². The van der Waals surface area contributed by atoms with Gasteiger partial charge in [-0.25, -0.2) is 37.3 Å². The van der Waals surface area contributed by atoms with Crippen LogP contribution in [0.1, 0.15) is 42.6 Å². The molecule has 0 aliphatic carbocycles. The zero-order chi connectivity index (χ0) is 33.0. The van der Waals surface area contributed by atoms with Gasteiger partial charge >= 0.3 is 24.3 Å². The van der Waals surface area contributed by atoms with Gasteiger partial charge < -0.3 is 20.1 Å². The summed E-state index contributed by atoms with van der Waals surface area (Å²) >= 11 is 0. The van der Waals surface area contributed by atoms with Gasteiger partial charge in [0.2, 0.25) is 10.0 Å². The van der Waals surface area contributed by atoms with E-state index < -0.39 is 34.3 Å². The summed E-state index contributed by atoms with van der Waals surface area (Å²) in [6.07, 6.45) is -0.979. The van der Waals surface area contributed by atoms with Gasteiger partial charge in [-0.3, -0.25) is 0 Å². The number of fused-ring (bicyclic) bond motifs is 2. The number of carboxylic acid groups (broad SMARTS) is 2. The van der Waals surface area contributed by atoms with E-state index in [0.717, 1.165) is 48.2 Å². The molecule has 0 aromatic carbocycles. The maximum Gasteiger partial charge on any atom is 0.490 e. The van der Waals surface area contributed by atoms with E-state index in [4.69, 9.17) is 19.8 Å². The lowest BCUT2D eigenvalue weighted by Crippen LogP contribution is -2.41. The van der Waals surface area contributed by atoms with Crippen molar-refractivity contribution < 1.29 is 54.6 Å². The van der Waals surface area contributed by atoms with Crippen LogP contribution in [0.3, 0.4) is 0 Å². The Labute approximate surface area is 246 Å². The zero-order valence-corrected chi connectivity index (χ0v) is 24.0. The van der Waals surface area contributed by atoms with E-state index in [0.29, 0.717) is 19.1 Å². The summed E-state index contributed by atoms with van der Waals surface area (Å²) in [7, 11) is -3.13. The number of rotatable bonds is 3. The van der Waals surface area contributed by atoms with E-state index in [2.05, 4.69) is 43.9 Å². The molecule has 0 amide bonds. The van der Waals surface area contributed by atoms with E-state index in [-0.39, 0.29) is 5.92 Å². The fourth-order valence-electron chi connectivity index (χ4n) is 4.86. The van der Waals surface area contributed by atoms with Crippen molar-refractivity contribution in [1.82, 2.24) is 24.2 Å². The number of pyridine rings is 1. The SMILES string of the molecule is C[C@@H]1Cc2ncnc(C3CCN(S(C)(=O)=O)CC3)c2CN1c1ccnc2[nH]ccc12.O=C(O)C(F)(F)F.O=C(O)C(F)(F)F. The highest BCUT2D eigenvalue weighted by Crippen LogP contribution is 2.37. The molecule has 2 aliphatic heterocycles. The number of anilines is 1. The van der Waals surface area contributed by atoms with E-state index >= 15 is 0 Å². The van der Waals surface area contributed by atoms with Gasteiger partial charge in [0.1, 0.15) is 12.0 Å². The van der Waals surface area contributed by atoms with Gasteiger partial charge in [0.05, 0.1) is 17.6 Å². The van der Waals surface area contributed by atoms with Crippen LogP contribution in [0.15, 0.2) is 30.9 Å². The van der Waals surface area contributed by atoms with Crippen LogP contribution in [0.2, 0.25) is 0 Å². The Hall–Kier alpha value is -4.00. The number of alkyl halides is 6. The van der Waals surface area contributed by atoms with Crippen LogP contribution in [0.4, 0.5) is 32.0 Å². The molecule has 2 aliphatic rings. The fraction of sp³-hybridized carbons (Fsp3) is 0.480. The normalized spacial score (nSPS) is 18.0. The standard InChI is InChI=1S/C21H26N6O2S.2C2HF3O2/c1-14-11-18-17(12-27(14)19-4-8-23-21-16(19)3-7-22-21)20(25-13-24-18)15-5-9-26(10-6-15)30(2,28)29;2*3-2(4,5)1(6)7/h3-4,7-8,13-15H,5-6,9-12H2,1-2H3,(H,22,23);2*(H,6,7)/t14-;;/m1../s1. The molecule has 19 heteroatoms. The van der Waals surface area contributed by atoms with Crippen molar-refractivity contribution in [3.8, 4) is 0 Å². The molecule has 44 heavy (non-hydrogen) atoms. The molecule has 5 heterocycles. The number of hydrogen-bond acceptors (Lipinski definition) is 8. The lowest BCUT2D eigenvalue weighted by Gasteiger charge is -2.38. The molecule has 12 nitrogen and oxygen atoms in total. The van der Waals surface area contributed by atoms with Gasteiger partial charge in [-0.2, -0.15) is 26.3 Å². The molecule has 0 unspecified atom stereocenters. The summed E-state index contributed by atoms with van der Waals surface area (Å²) in [4.78, 5) is 37.1. The minimum Gasteiger partial charge on any atom is -0.475 e. The molecular weight excluding hydrogens is 626 g/mol. The maximum absolute atomic E-state index is 11.9. The first-order chi connectivity index (χ1) is 20.3. The quantitative estimate of drug-likeness (QED) is 0.354. The number of carbonyl (C=O) groups is 2. The van der Waals surface area contributed by atoms with Gasteiger partial charge in [0, 0.05) is 67.0 Å². The lowest BCUT2D eigenvalue weighted by molar-refractivity contribution is -0.193. The van der Waals surface area contributed by atoms with Crippen LogP contribution in [-0.4, -0.2) is 92.6 Å². The van der Waals surface area contributed by atoms with Gasteiger partial charge in [-0.1, -0.05) is 0 Å². The predicted molar refractivity (Wildman–Crippen MR) is 143 cm³/mol. The van der Waals surface area contributed by atoms with Crippen molar-refractivity contribution in [3.63, 3.8) is 0 Å². The molecule has 1 fully saturated rings. The van der Waals surface area contributed by atoms with Crippen molar-refractivity contribution >= 4 is 38.7 Å². The number of H-pyrrole nitrogens is 1. The van der Waals surface area contributed by atoms with Crippen LogP contribution in [0.5, 0.6) is 0 Å². The highest BCUT2D eigenvalue weighted by Gasteiger charge is 2.39. The molecule has 3 N–H and O–H groups in total. The van der Waals surface area contributed by atoms with Gasteiger partial charge in [0.15, 0.2) is 0 Å². The second-order valence-corrected chi connectivity index (χ2v) is 12.0. The molecule has 0 radical (unpaired) electrons. The summed E-state index contributed by atoms with van der Waals surface area (Å²) in [5.41, 5.74) is 5.47. The third-order valence-electron chi connectivity index (χ3n) is 6.96. The Morgan fingerprint density at radius 1 is 0.977 bits per heavy atom. The monoisotopic (exact) mass is 654 g/mol. The third-order valence-corrected chi connectivity index (χ3v) is 8.26. The number of aliphatic carboxylic acids is 2. The first kappa shape index (κ1) is 34.5. The molecule has 3 aromatic rings. The van der Waals surface area contributed by atoms with Crippen molar-refractivity contribution in [3.05, 3.63) is 47.8 Å². The van der Waals surface area contributed by atoms with Crippen LogP contribution >= 0.6 is 0 Å². The second kappa shape index (κ2) is 13.3. The Morgan fingerprint density at radius 2 is 1.55 bits per heavy atom. The van der Waals surface area contributed by atoms with Gasteiger partial charge in [0.25, 0.3) is 0 Å². The van der Waals surface area contributed by atoms with Crippen LogP contribution < -0.4 is 4.90 Å². The largest absolute Gasteiger partial charge is 0.490 e. The van der Waals surface area contributed by atoms with Crippen LogP contribution in [0.25, 0.3) is 11.0 Å². The number of sulfonamides is 1. The molecule has 0 bridgehead atoms. The van der Waals surface area contributed by atoms with E-state index in [1.54, 1.807) is 10.6 Å². The molecular formula is C25H28F6N6O6S. The molecule has 1 atom stereocenters. The number of piperidine rings is 1. The Bertz CT molecular complexity index is 1560. The number of nitrogens with zero attached hydrogens (tertiary/aromatic N) is 5. The molecule has 242 valence electrons. The minimum absolute atomic E-state index is 0.264. The van der Waals surface area contributed by atoms with Crippen molar-refractivity contribution in [2.45, 2.75) is 57.0 Å². The smallest absolute Gasteiger partial charge is 0.475 e. The number of nitrogens with one attached hydrogen (secondary N) is 1. The molecule has 3 aromatic heterocycles. The molecule has 5 rings (SSSR count). The number of halogens is 6. The average Bonchev–Trinajstić information content (AvgIpc) is 3.41. The Kier molecular flexibility index (Phi) is 10.4. The molecule has 0 spiro atoms. The lowest BCUT2D eigenvalue weighted by atomic mass is 9.87. The summed E-state index contributed by atoms with van der Waals surface area (Å²) in [5, 5.41) is 15.4. The first-order valence-corrected chi connectivity index (χ1v) is 14.7. The number of hydrogen-bond donors (Lipinski definition) is 3. The van der Waals surface area contributed by atoms with E-state index in [9.17, 15) is 34.8 Å². The zero-order valence-electron chi connectivity index (χ0n) is 23.2. The number of carboxylic acids is 2. The van der Waals surface area contributed by atoms with Gasteiger partial charge in [-0.05, 0) is 31.9 Å². The maximum atomic E-state index is 11.9. The topological polar surface area (TPSA) is 170 Å². The number of aromatic nitrogens is 4. The Balaban J connectivity index is 0.000000317. The average molecular weight is 655 g/mol. The van der Waals surface area contributed by atoms with Gasteiger partial charge in [-0.15, -0.1) is 0 Å². The predicted octanol–water partition coefficient (Wildman–Crippen LogP) is 3.71. The number of aromatic amines is 1. The molecule has 1 saturated heterocycles. The van der Waals surface area contributed by atoms with E-state index in [1.807, 2.05) is 12.4 Å². The highest BCUT2D eigenvalue weighted by atomic mass is 32.2. The summed E-state index contributed by atoms with van der Waals surface area (Å²) in [6, 6.07) is 4.46. The van der Waals surface area contributed by atoms with E-state index in [1.165, 1.54) is 17.5 Å². The summed E-state index contributed by atoms with van der Waals surface area (Å²) in [6.45, 7) is 4.09. The van der Waals surface area contributed by atoms with Crippen molar-refractivity contribution in [1.29, 1.82) is 0 Å². The summed E-state index contributed by atoms with van der Waals surface area (Å²) < 4.78 is 88.8. The minimum atomic E-state index is -5.08.